The molecule has 0 bridgehead atoms. The maximum absolute atomic E-state index is 10.2. The summed E-state index contributed by atoms with van der Waals surface area (Å²) in [6.07, 6.45) is 4.36. The van der Waals surface area contributed by atoms with Crippen molar-refractivity contribution in [2.24, 2.45) is 11.0 Å². The molecule has 1 atom stereocenters. The van der Waals surface area contributed by atoms with E-state index in [-0.39, 0.29) is 0 Å². The van der Waals surface area contributed by atoms with E-state index in [0.717, 1.165) is 0 Å². The first-order valence-corrected chi connectivity index (χ1v) is 2.49. The predicted molar refractivity (Wildman–Crippen MR) is 31.9 cm³/mol. The van der Waals surface area contributed by atoms with Crippen molar-refractivity contribution in [1.82, 2.24) is 5.43 Å². The Labute approximate surface area is 51.9 Å². The zero-order valence-electron chi connectivity index (χ0n) is 4.61. The van der Waals surface area contributed by atoms with E-state index in [1.807, 2.05) is 0 Å². The van der Waals surface area contributed by atoms with E-state index in [0.29, 0.717) is 0 Å². The van der Waals surface area contributed by atoms with Crippen molar-refractivity contribution in [2.75, 3.05) is 0 Å². The molecule has 2 N–H and O–H groups in total. The van der Waals surface area contributed by atoms with Crippen molar-refractivity contribution < 1.29 is 9.90 Å². The first kappa shape index (κ1) is 5.81. The molecule has 0 aromatic rings. The van der Waals surface area contributed by atoms with Gasteiger partial charge in [-0.05, 0) is 6.08 Å². The largest absolute Gasteiger partial charge is 0.481 e. The lowest BCUT2D eigenvalue weighted by Crippen LogP contribution is -2.17. The summed E-state index contributed by atoms with van der Waals surface area (Å²) >= 11 is 0. The van der Waals surface area contributed by atoms with Gasteiger partial charge in [0.15, 0.2) is 0 Å². The minimum atomic E-state index is -0.878. The van der Waals surface area contributed by atoms with Crippen LogP contribution < -0.4 is 5.43 Å². The molecule has 48 valence electrons. The SMILES string of the molecule is O=C(O)C1C=CNN=C1. The average Bonchev–Trinajstić information content (AvgIpc) is 1.90. The van der Waals surface area contributed by atoms with Crippen LogP contribution in [0.5, 0.6) is 0 Å². The molecule has 4 nitrogen and oxygen atoms in total. The van der Waals surface area contributed by atoms with Crippen molar-refractivity contribution in [1.29, 1.82) is 0 Å². The Bertz CT molecular complexity index is 162. The number of aliphatic carboxylic acids is 1. The van der Waals surface area contributed by atoms with E-state index in [2.05, 4.69) is 10.5 Å². The lowest BCUT2D eigenvalue weighted by Gasteiger charge is -2.03. The molecule has 0 amide bonds. The fourth-order valence-electron chi connectivity index (χ4n) is 0.509. The molecule has 9 heavy (non-hydrogen) atoms. The Morgan fingerprint density at radius 2 is 2.56 bits per heavy atom. The third kappa shape index (κ3) is 1.28. The van der Waals surface area contributed by atoms with Gasteiger partial charge in [0.2, 0.25) is 0 Å². The molecular weight excluding hydrogens is 120 g/mol. The zero-order valence-corrected chi connectivity index (χ0v) is 4.61. The van der Waals surface area contributed by atoms with Crippen LogP contribution in [0, 0.1) is 5.92 Å². The van der Waals surface area contributed by atoms with Gasteiger partial charge in [-0.1, -0.05) is 0 Å². The standard InChI is InChI=1S/C5H6N2O2/c8-5(9)4-1-2-6-7-3-4/h1-4,6H,(H,8,9). The fraction of sp³-hybridized carbons (Fsp3) is 0.200. The molecular formula is C5H6N2O2. The minimum Gasteiger partial charge on any atom is -0.481 e. The lowest BCUT2D eigenvalue weighted by molar-refractivity contribution is -0.137. The molecule has 0 aromatic carbocycles. The summed E-state index contributed by atoms with van der Waals surface area (Å²) in [6.45, 7) is 0. The average molecular weight is 126 g/mol. The van der Waals surface area contributed by atoms with Gasteiger partial charge < -0.3 is 5.11 Å². The Kier molecular flexibility index (Phi) is 1.48. The highest BCUT2D eigenvalue weighted by atomic mass is 16.4. The van der Waals surface area contributed by atoms with Crippen molar-refractivity contribution in [3.8, 4) is 0 Å². The van der Waals surface area contributed by atoms with Crippen LogP contribution in [-0.4, -0.2) is 17.3 Å². The fourth-order valence-corrected chi connectivity index (χ4v) is 0.509. The lowest BCUT2D eigenvalue weighted by atomic mass is 10.1. The Morgan fingerprint density at radius 1 is 1.78 bits per heavy atom. The Hall–Kier alpha value is -1.32. The van der Waals surface area contributed by atoms with Gasteiger partial charge in [-0.2, -0.15) is 5.10 Å². The van der Waals surface area contributed by atoms with Crippen LogP contribution in [-0.2, 0) is 4.79 Å². The number of carbonyl (C=O) groups is 1. The maximum Gasteiger partial charge on any atom is 0.315 e. The summed E-state index contributed by atoms with van der Waals surface area (Å²) in [5.74, 6) is -1.44. The second-order valence-corrected chi connectivity index (χ2v) is 1.63. The molecule has 1 rings (SSSR count). The molecule has 0 radical (unpaired) electrons. The molecule has 0 saturated carbocycles. The number of hydrazone groups is 1. The summed E-state index contributed by atoms with van der Waals surface area (Å²) < 4.78 is 0. The predicted octanol–water partition coefficient (Wildman–Crippen LogP) is -0.210. The second kappa shape index (κ2) is 2.30. The summed E-state index contributed by atoms with van der Waals surface area (Å²) in [4.78, 5) is 10.2. The molecule has 0 saturated heterocycles. The van der Waals surface area contributed by atoms with Gasteiger partial charge >= 0.3 is 5.97 Å². The topological polar surface area (TPSA) is 61.7 Å². The number of hydrogen-bond donors (Lipinski definition) is 2. The minimum absolute atomic E-state index is 0.564. The van der Waals surface area contributed by atoms with E-state index in [1.54, 1.807) is 0 Å². The van der Waals surface area contributed by atoms with Gasteiger partial charge in [-0.15, -0.1) is 0 Å². The van der Waals surface area contributed by atoms with Crippen LogP contribution in [0.4, 0.5) is 0 Å². The summed E-state index contributed by atoms with van der Waals surface area (Å²) in [5, 5.41) is 11.9. The number of hydrogen-bond acceptors (Lipinski definition) is 3. The van der Waals surface area contributed by atoms with Crippen LogP contribution in [0.25, 0.3) is 0 Å². The van der Waals surface area contributed by atoms with Gasteiger partial charge in [-0.25, -0.2) is 0 Å². The molecule has 1 aliphatic rings. The van der Waals surface area contributed by atoms with Gasteiger partial charge in [0.05, 0.1) is 0 Å². The molecule has 0 fully saturated rings. The number of carboxylic acid groups (broad SMARTS) is 1. The second-order valence-electron chi connectivity index (χ2n) is 1.63. The highest BCUT2D eigenvalue weighted by molar-refractivity contribution is 5.91. The quantitative estimate of drug-likeness (QED) is 0.511. The van der Waals surface area contributed by atoms with Crippen LogP contribution in [0.15, 0.2) is 17.4 Å². The molecule has 4 heteroatoms. The van der Waals surface area contributed by atoms with Gasteiger partial charge in [0.25, 0.3) is 0 Å². The summed E-state index contributed by atoms with van der Waals surface area (Å²) in [6, 6.07) is 0. The van der Waals surface area contributed by atoms with Crippen molar-refractivity contribution in [3.05, 3.63) is 12.3 Å². The molecule has 0 aromatic heterocycles. The van der Waals surface area contributed by atoms with Crippen LogP contribution in [0.2, 0.25) is 0 Å². The first-order valence-electron chi connectivity index (χ1n) is 2.49. The highest BCUT2D eigenvalue weighted by Crippen LogP contribution is 1.97. The van der Waals surface area contributed by atoms with E-state index >= 15 is 0 Å². The third-order valence-electron chi connectivity index (χ3n) is 0.973. The Balaban J connectivity index is 2.60. The van der Waals surface area contributed by atoms with E-state index in [1.165, 1.54) is 18.5 Å². The van der Waals surface area contributed by atoms with E-state index in [4.69, 9.17) is 5.11 Å². The van der Waals surface area contributed by atoms with E-state index < -0.39 is 11.9 Å². The van der Waals surface area contributed by atoms with Crippen molar-refractivity contribution in [2.45, 2.75) is 0 Å². The van der Waals surface area contributed by atoms with Crippen LogP contribution in [0.1, 0.15) is 0 Å². The highest BCUT2D eigenvalue weighted by Gasteiger charge is 2.11. The maximum atomic E-state index is 10.2. The van der Waals surface area contributed by atoms with Gasteiger partial charge in [-0.3, -0.25) is 10.2 Å². The zero-order chi connectivity index (χ0) is 6.69. The molecule has 1 heterocycles. The summed E-state index contributed by atoms with van der Waals surface area (Å²) in [5.41, 5.74) is 2.50. The Morgan fingerprint density at radius 3 is 2.89 bits per heavy atom. The molecule has 0 spiro atoms. The number of rotatable bonds is 1. The van der Waals surface area contributed by atoms with Crippen LogP contribution >= 0.6 is 0 Å². The third-order valence-corrected chi connectivity index (χ3v) is 0.973. The number of carboxylic acids is 1. The van der Waals surface area contributed by atoms with E-state index in [9.17, 15) is 4.79 Å². The van der Waals surface area contributed by atoms with Crippen LogP contribution in [0.3, 0.4) is 0 Å². The summed E-state index contributed by atoms with van der Waals surface area (Å²) in [7, 11) is 0. The van der Waals surface area contributed by atoms with Gasteiger partial charge in [0, 0.05) is 12.4 Å². The molecule has 0 aliphatic carbocycles. The van der Waals surface area contributed by atoms with Crippen molar-refractivity contribution in [3.63, 3.8) is 0 Å². The smallest absolute Gasteiger partial charge is 0.315 e. The monoisotopic (exact) mass is 126 g/mol. The van der Waals surface area contributed by atoms with Crippen molar-refractivity contribution >= 4 is 12.2 Å². The number of nitrogens with zero attached hydrogens (tertiary/aromatic N) is 1. The number of nitrogens with one attached hydrogen (secondary N) is 1. The first-order chi connectivity index (χ1) is 4.30. The molecule has 1 aliphatic heterocycles. The molecule has 1 unspecified atom stereocenters. The normalized spacial score (nSPS) is 23.3. The van der Waals surface area contributed by atoms with Gasteiger partial charge in [0.1, 0.15) is 5.92 Å².